The number of carbonyl (C=O) groups is 3. The number of rotatable bonds is 10. The van der Waals surface area contributed by atoms with Crippen molar-refractivity contribution in [2.75, 3.05) is 57.6 Å². The van der Waals surface area contributed by atoms with E-state index in [-0.39, 0.29) is 17.9 Å². The molecule has 1 aliphatic heterocycles. The van der Waals surface area contributed by atoms with Crippen LogP contribution in [0.5, 0.6) is 5.75 Å². The number of nitrogens with one attached hydrogen (secondary N) is 2. The van der Waals surface area contributed by atoms with Gasteiger partial charge in [0.1, 0.15) is 11.6 Å². The number of halogens is 1. The molecule has 0 unspecified atom stereocenters. The van der Waals surface area contributed by atoms with Crippen LogP contribution in [0.2, 0.25) is 5.02 Å². The van der Waals surface area contributed by atoms with E-state index in [4.69, 9.17) is 21.3 Å². The Hall–Kier alpha value is -4.28. The summed E-state index contributed by atoms with van der Waals surface area (Å²) in [6, 6.07) is 10.7. The molecule has 1 fully saturated rings. The van der Waals surface area contributed by atoms with Crippen LogP contribution in [0, 0.1) is 0 Å². The molecule has 4 rings (SSSR count). The lowest BCUT2D eigenvalue weighted by Gasteiger charge is -2.35. The molecule has 0 radical (unpaired) electrons. The largest absolute Gasteiger partial charge is 0.496 e. The van der Waals surface area contributed by atoms with Gasteiger partial charge in [-0.25, -0.2) is 9.97 Å². The van der Waals surface area contributed by atoms with E-state index >= 15 is 0 Å². The minimum Gasteiger partial charge on any atom is -0.496 e. The second kappa shape index (κ2) is 13.4. The van der Waals surface area contributed by atoms with Gasteiger partial charge in [-0.3, -0.25) is 14.4 Å². The summed E-state index contributed by atoms with van der Waals surface area (Å²) in [4.78, 5) is 50.5. The SMILES string of the molecule is C=CC(=O)Nc1cc(Cc2ncc(Cl)c(Cc3ccccc3C(=O)C(=O)NC)n2)c(OC)cc1N1CCN(C)CC1. The lowest BCUT2D eigenvalue weighted by molar-refractivity contribution is -0.116. The number of nitrogens with zero attached hydrogens (tertiary/aromatic N) is 4. The van der Waals surface area contributed by atoms with Gasteiger partial charge in [-0.2, -0.15) is 0 Å². The zero-order valence-electron chi connectivity index (χ0n) is 23.4. The lowest BCUT2D eigenvalue weighted by atomic mass is 9.99. The van der Waals surface area contributed by atoms with E-state index in [1.807, 2.05) is 12.1 Å². The van der Waals surface area contributed by atoms with Crippen molar-refractivity contribution < 1.29 is 19.1 Å². The van der Waals surface area contributed by atoms with Gasteiger partial charge < -0.3 is 25.2 Å². The van der Waals surface area contributed by atoms with E-state index in [9.17, 15) is 14.4 Å². The van der Waals surface area contributed by atoms with Crippen LogP contribution in [0.3, 0.4) is 0 Å². The van der Waals surface area contributed by atoms with Gasteiger partial charge in [-0.05, 0) is 24.8 Å². The number of amides is 2. The molecular weight excluding hydrogens is 544 g/mol. The molecule has 1 aliphatic rings. The first-order valence-electron chi connectivity index (χ1n) is 13.2. The Morgan fingerprint density at radius 3 is 2.51 bits per heavy atom. The minimum atomic E-state index is -0.696. The Balaban J connectivity index is 1.67. The normalized spacial score (nSPS) is 13.4. The number of benzene rings is 2. The number of ketones is 1. The van der Waals surface area contributed by atoms with Crippen molar-refractivity contribution >= 4 is 40.6 Å². The van der Waals surface area contributed by atoms with Crippen molar-refractivity contribution in [3.8, 4) is 5.75 Å². The van der Waals surface area contributed by atoms with Crippen molar-refractivity contribution in [3.63, 3.8) is 0 Å². The van der Waals surface area contributed by atoms with Gasteiger partial charge in [0, 0.05) is 69.5 Å². The van der Waals surface area contributed by atoms with E-state index < -0.39 is 11.7 Å². The standard InChI is InChI=1S/C30H33ClN6O4/c1-5-28(38)35-24-15-20(26(41-4)17-25(24)37-12-10-36(3)11-13-37)16-27-33-18-22(31)23(34-27)14-19-8-6-7-9-21(19)29(39)30(40)32-2/h5-9,15,17-18H,1,10-14,16H2,2-4H3,(H,32,40)(H,35,38). The Labute approximate surface area is 244 Å². The predicted molar refractivity (Wildman–Crippen MR) is 159 cm³/mol. The second-order valence-corrected chi connectivity index (χ2v) is 10.1. The Bertz CT molecular complexity index is 1470. The van der Waals surface area contributed by atoms with E-state index in [2.05, 4.69) is 39.0 Å². The number of piperazine rings is 1. The zero-order chi connectivity index (χ0) is 29.5. The Morgan fingerprint density at radius 2 is 1.83 bits per heavy atom. The van der Waals surface area contributed by atoms with Gasteiger partial charge in [0.25, 0.3) is 5.91 Å². The van der Waals surface area contributed by atoms with E-state index in [1.165, 1.54) is 19.3 Å². The number of hydrogen-bond donors (Lipinski definition) is 2. The Morgan fingerprint density at radius 1 is 1.10 bits per heavy atom. The van der Waals surface area contributed by atoms with Gasteiger partial charge in [0.2, 0.25) is 11.7 Å². The highest BCUT2D eigenvalue weighted by atomic mass is 35.5. The summed E-state index contributed by atoms with van der Waals surface area (Å²) < 4.78 is 5.75. The fourth-order valence-corrected chi connectivity index (χ4v) is 4.83. The number of hydrogen-bond acceptors (Lipinski definition) is 8. The number of methoxy groups -OCH3 is 1. The molecule has 3 aromatic rings. The summed E-state index contributed by atoms with van der Waals surface area (Å²) >= 11 is 6.47. The minimum absolute atomic E-state index is 0.230. The predicted octanol–water partition coefficient (Wildman–Crippen LogP) is 3.13. The average Bonchev–Trinajstić information content (AvgIpc) is 2.99. The number of likely N-dealkylation sites (N-methyl/N-ethyl adjacent to an activating group) is 2. The van der Waals surface area contributed by atoms with E-state index in [0.717, 1.165) is 37.4 Å². The number of anilines is 2. The molecular formula is C30H33ClN6O4. The van der Waals surface area contributed by atoms with Crippen LogP contribution in [0.1, 0.15) is 33.0 Å². The summed E-state index contributed by atoms with van der Waals surface area (Å²) in [7, 11) is 5.10. The second-order valence-electron chi connectivity index (χ2n) is 9.66. The molecule has 1 aromatic heterocycles. The molecule has 0 saturated carbocycles. The summed E-state index contributed by atoms with van der Waals surface area (Å²) in [6.45, 7) is 7.00. The Kier molecular flexibility index (Phi) is 9.69. The van der Waals surface area contributed by atoms with Gasteiger partial charge in [-0.15, -0.1) is 0 Å². The molecule has 11 heteroatoms. The smallest absolute Gasteiger partial charge is 0.292 e. The quantitative estimate of drug-likeness (QED) is 0.215. The van der Waals surface area contributed by atoms with Crippen molar-refractivity contribution in [1.29, 1.82) is 0 Å². The highest BCUT2D eigenvalue weighted by Crippen LogP contribution is 2.35. The highest BCUT2D eigenvalue weighted by molar-refractivity contribution is 6.43. The average molecular weight is 577 g/mol. The summed E-state index contributed by atoms with van der Waals surface area (Å²) in [5, 5.41) is 5.65. The molecule has 0 spiro atoms. The molecule has 0 aliphatic carbocycles. The summed E-state index contributed by atoms with van der Waals surface area (Å²) in [5.74, 6) is -0.527. The maximum Gasteiger partial charge on any atom is 0.292 e. The van der Waals surface area contributed by atoms with Crippen molar-refractivity contribution in [3.05, 3.63) is 88.5 Å². The van der Waals surface area contributed by atoms with Gasteiger partial charge in [0.15, 0.2) is 0 Å². The monoisotopic (exact) mass is 576 g/mol. The molecule has 10 nitrogen and oxygen atoms in total. The van der Waals surface area contributed by atoms with Crippen LogP contribution >= 0.6 is 11.6 Å². The third kappa shape index (κ3) is 7.08. The fourth-order valence-electron chi connectivity index (χ4n) is 4.67. The number of ether oxygens (including phenoxy) is 1. The van der Waals surface area contributed by atoms with Crippen LogP contribution in [0.4, 0.5) is 11.4 Å². The number of Topliss-reactive ketones (excluding diaryl/α,β-unsaturated/α-hetero) is 1. The fraction of sp³-hybridized carbons (Fsp3) is 0.300. The lowest BCUT2D eigenvalue weighted by Crippen LogP contribution is -2.44. The van der Waals surface area contributed by atoms with Crippen molar-refractivity contribution in [2.45, 2.75) is 12.8 Å². The maximum absolute atomic E-state index is 12.6. The topological polar surface area (TPSA) is 117 Å². The molecule has 2 aromatic carbocycles. The van der Waals surface area contributed by atoms with E-state index in [1.54, 1.807) is 31.4 Å². The molecule has 0 atom stereocenters. The van der Waals surface area contributed by atoms with Crippen LogP contribution in [-0.4, -0.2) is 79.8 Å². The molecule has 2 amide bonds. The molecule has 41 heavy (non-hydrogen) atoms. The maximum atomic E-state index is 12.6. The first-order valence-corrected chi connectivity index (χ1v) is 13.5. The van der Waals surface area contributed by atoms with Gasteiger partial charge in [0.05, 0.1) is 29.2 Å². The third-order valence-electron chi connectivity index (χ3n) is 6.95. The highest BCUT2D eigenvalue weighted by Gasteiger charge is 2.22. The molecule has 2 heterocycles. The first kappa shape index (κ1) is 29.7. The number of aromatic nitrogens is 2. The third-order valence-corrected chi connectivity index (χ3v) is 7.27. The summed E-state index contributed by atoms with van der Waals surface area (Å²) in [6.07, 6.45) is 3.28. The van der Waals surface area contributed by atoms with Crippen LogP contribution in [-0.2, 0) is 22.4 Å². The molecule has 214 valence electrons. The first-order chi connectivity index (χ1) is 19.7. The van der Waals surface area contributed by atoms with Gasteiger partial charge in [-0.1, -0.05) is 42.4 Å². The van der Waals surface area contributed by atoms with Crippen LogP contribution in [0.25, 0.3) is 0 Å². The van der Waals surface area contributed by atoms with Crippen molar-refractivity contribution in [1.82, 2.24) is 20.2 Å². The molecule has 2 N–H and O–H groups in total. The van der Waals surface area contributed by atoms with Crippen LogP contribution in [0.15, 0.2) is 55.3 Å². The van der Waals surface area contributed by atoms with Gasteiger partial charge >= 0.3 is 0 Å². The van der Waals surface area contributed by atoms with E-state index in [0.29, 0.717) is 40.0 Å². The molecule has 0 bridgehead atoms. The number of carbonyl (C=O) groups excluding carboxylic acids is 3. The molecule has 1 saturated heterocycles. The zero-order valence-corrected chi connectivity index (χ0v) is 24.1. The van der Waals surface area contributed by atoms with Crippen molar-refractivity contribution in [2.24, 2.45) is 0 Å². The van der Waals surface area contributed by atoms with Crippen LogP contribution < -0.4 is 20.3 Å². The summed E-state index contributed by atoms with van der Waals surface area (Å²) in [5.41, 5.74) is 3.70.